The van der Waals surface area contributed by atoms with E-state index in [-0.39, 0.29) is 12.5 Å². The molecule has 1 N–H and O–H groups in total. The summed E-state index contributed by atoms with van der Waals surface area (Å²) >= 11 is 0. The van der Waals surface area contributed by atoms with Gasteiger partial charge in [-0.25, -0.2) is 8.42 Å². The van der Waals surface area contributed by atoms with Crippen LogP contribution in [0.2, 0.25) is 0 Å². The molecule has 33 heavy (non-hydrogen) atoms. The molecule has 8 nitrogen and oxygen atoms in total. The Morgan fingerprint density at radius 1 is 1.03 bits per heavy atom. The first-order valence-corrected chi connectivity index (χ1v) is 12.8. The van der Waals surface area contributed by atoms with Crippen LogP contribution in [0, 0.1) is 0 Å². The van der Waals surface area contributed by atoms with Gasteiger partial charge in [-0.15, -0.1) is 0 Å². The number of hydrogen-bond acceptors (Lipinski definition) is 5. The molecule has 2 aromatic carbocycles. The minimum atomic E-state index is -3.75. The van der Waals surface area contributed by atoms with Gasteiger partial charge < -0.3 is 15.0 Å². The maximum absolute atomic E-state index is 13.3. The number of hydrogen-bond donors (Lipinski definition) is 1. The number of nitrogens with one attached hydrogen (secondary N) is 1. The molecular weight excluding hydrogens is 442 g/mol. The highest BCUT2D eigenvalue weighted by molar-refractivity contribution is 7.92. The van der Waals surface area contributed by atoms with Crippen LogP contribution in [-0.4, -0.2) is 63.7 Å². The van der Waals surface area contributed by atoms with Gasteiger partial charge in [-0.3, -0.25) is 13.9 Å². The summed E-state index contributed by atoms with van der Waals surface area (Å²) in [5.74, 6) is -0.134. The summed E-state index contributed by atoms with van der Waals surface area (Å²) in [7, 11) is -3.75. The zero-order valence-electron chi connectivity index (χ0n) is 19.7. The minimum Gasteiger partial charge on any atom is -0.494 e. The molecule has 0 fully saturated rings. The molecule has 0 unspecified atom stereocenters. The molecule has 2 rings (SSSR count). The first-order valence-electron chi connectivity index (χ1n) is 11.0. The van der Waals surface area contributed by atoms with Crippen LogP contribution in [-0.2, 0) is 26.0 Å². The number of anilines is 1. The summed E-state index contributed by atoms with van der Waals surface area (Å²) < 4.78 is 31.5. The van der Waals surface area contributed by atoms with Crippen molar-refractivity contribution >= 4 is 27.5 Å². The second kappa shape index (κ2) is 12.2. The summed E-state index contributed by atoms with van der Waals surface area (Å²) in [5, 5.41) is 2.73. The first kappa shape index (κ1) is 26.2. The quantitative estimate of drug-likeness (QED) is 0.509. The van der Waals surface area contributed by atoms with Crippen LogP contribution in [0.3, 0.4) is 0 Å². The molecule has 0 spiro atoms. The Balaban J connectivity index is 2.27. The fourth-order valence-electron chi connectivity index (χ4n) is 3.38. The Kier molecular flexibility index (Phi) is 9.72. The topological polar surface area (TPSA) is 96.0 Å². The van der Waals surface area contributed by atoms with Crippen molar-refractivity contribution in [2.45, 2.75) is 33.2 Å². The lowest BCUT2D eigenvalue weighted by atomic mass is 10.1. The number of rotatable bonds is 12. The third-order valence-electron chi connectivity index (χ3n) is 5.12. The largest absolute Gasteiger partial charge is 0.494 e. The lowest BCUT2D eigenvalue weighted by Gasteiger charge is -2.31. The molecule has 0 saturated carbocycles. The number of benzene rings is 2. The second-order valence-corrected chi connectivity index (χ2v) is 9.50. The van der Waals surface area contributed by atoms with E-state index >= 15 is 0 Å². The van der Waals surface area contributed by atoms with Gasteiger partial charge in [-0.05, 0) is 57.0 Å². The van der Waals surface area contributed by atoms with Gasteiger partial charge in [0.05, 0.1) is 18.6 Å². The molecule has 0 heterocycles. The monoisotopic (exact) mass is 475 g/mol. The number of nitrogens with zero attached hydrogens (tertiary/aromatic N) is 2. The predicted octanol–water partition coefficient (Wildman–Crippen LogP) is 2.45. The Bertz CT molecular complexity index is 1010. The zero-order valence-corrected chi connectivity index (χ0v) is 20.5. The average molecular weight is 476 g/mol. The van der Waals surface area contributed by atoms with Crippen molar-refractivity contribution in [2.24, 2.45) is 0 Å². The van der Waals surface area contributed by atoms with E-state index in [2.05, 4.69) is 5.32 Å². The third kappa shape index (κ3) is 7.78. The van der Waals surface area contributed by atoms with Crippen molar-refractivity contribution in [3.05, 3.63) is 60.2 Å². The molecule has 1 atom stereocenters. The van der Waals surface area contributed by atoms with Gasteiger partial charge >= 0.3 is 0 Å². The molecule has 2 aromatic rings. The number of likely N-dealkylation sites (N-methyl/N-ethyl adjacent to an activating group) is 1. The van der Waals surface area contributed by atoms with E-state index in [1.54, 1.807) is 38.1 Å². The number of amides is 2. The van der Waals surface area contributed by atoms with Gasteiger partial charge in [0.25, 0.3) is 0 Å². The van der Waals surface area contributed by atoms with Gasteiger partial charge in [0, 0.05) is 13.1 Å². The van der Waals surface area contributed by atoms with Crippen molar-refractivity contribution in [1.29, 1.82) is 0 Å². The normalized spacial score (nSPS) is 12.0. The molecular formula is C24H33N3O5S. The van der Waals surface area contributed by atoms with E-state index in [1.807, 2.05) is 37.3 Å². The van der Waals surface area contributed by atoms with Crippen molar-refractivity contribution in [3.63, 3.8) is 0 Å². The maximum Gasteiger partial charge on any atom is 0.244 e. The number of carbonyl (C=O) groups excluding carboxylic acids is 2. The van der Waals surface area contributed by atoms with Crippen LogP contribution in [0.1, 0.15) is 26.3 Å². The Labute approximate surface area is 196 Å². The minimum absolute atomic E-state index is 0.280. The van der Waals surface area contributed by atoms with E-state index in [0.717, 1.165) is 16.1 Å². The van der Waals surface area contributed by atoms with Crippen molar-refractivity contribution in [3.8, 4) is 5.75 Å². The maximum atomic E-state index is 13.3. The summed E-state index contributed by atoms with van der Waals surface area (Å²) in [6, 6.07) is 15.4. The lowest BCUT2D eigenvalue weighted by Crippen LogP contribution is -2.52. The van der Waals surface area contributed by atoms with Crippen molar-refractivity contribution < 1.29 is 22.7 Å². The van der Waals surface area contributed by atoms with Gasteiger partial charge in [-0.1, -0.05) is 30.3 Å². The highest BCUT2D eigenvalue weighted by Crippen LogP contribution is 2.22. The smallest absolute Gasteiger partial charge is 0.244 e. The number of ether oxygens (including phenoxy) is 1. The third-order valence-corrected chi connectivity index (χ3v) is 6.26. The fourth-order valence-corrected chi connectivity index (χ4v) is 4.23. The predicted molar refractivity (Wildman–Crippen MR) is 130 cm³/mol. The highest BCUT2D eigenvalue weighted by atomic mass is 32.2. The Morgan fingerprint density at radius 2 is 1.67 bits per heavy atom. The molecule has 0 bridgehead atoms. The van der Waals surface area contributed by atoms with Crippen LogP contribution in [0.15, 0.2) is 54.6 Å². The number of sulfonamides is 1. The SMILES string of the molecule is CCNC(=O)[C@H](C)N(CCc1ccccc1)C(=O)CN(c1ccc(OCC)cc1)S(C)(=O)=O. The molecule has 0 aliphatic carbocycles. The molecule has 2 amide bonds. The van der Waals surface area contributed by atoms with Crippen LogP contribution in [0.4, 0.5) is 5.69 Å². The van der Waals surface area contributed by atoms with Gasteiger partial charge in [-0.2, -0.15) is 0 Å². The van der Waals surface area contributed by atoms with Crippen molar-refractivity contribution in [2.75, 3.05) is 36.8 Å². The van der Waals surface area contributed by atoms with Gasteiger partial charge in [0.2, 0.25) is 21.8 Å². The summed E-state index contributed by atoms with van der Waals surface area (Å²) in [5.41, 5.74) is 1.37. The molecule has 9 heteroatoms. The standard InChI is InChI=1S/C24H33N3O5S/c1-5-25-24(29)19(3)26(17-16-20-10-8-7-9-11-20)23(28)18-27(33(4,30)31)21-12-14-22(15-13-21)32-6-2/h7-15,19H,5-6,16-18H2,1-4H3,(H,25,29)/t19-/m0/s1. The van der Waals surface area contributed by atoms with E-state index in [4.69, 9.17) is 4.74 Å². The zero-order chi connectivity index (χ0) is 24.4. The van der Waals surface area contributed by atoms with Crippen LogP contribution >= 0.6 is 0 Å². The fraction of sp³-hybridized carbons (Fsp3) is 0.417. The Hall–Kier alpha value is -3.07. The van der Waals surface area contributed by atoms with E-state index in [9.17, 15) is 18.0 Å². The van der Waals surface area contributed by atoms with Crippen LogP contribution in [0.25, 0.3) is 0 Å². The second-order valence-electron chi connectivity index (χ2n) is 7.59. The van der Waals surface area contributed by atoms with Gasteiger partial charge in [0.15, 0.2) is 0 Å². The molecule has 0 aromatic heterocycles. The van der Waals surface area contributed by atoms with Crippen LogP contribution in [0.5, 0.6) is 5.75 Å². The Morgan fingerprint density at radius 3 is 2.21 bits per heavy atom. The summed E-state index contributed by atoms with van der Waals surface area (Å²) in [4.78, 5) is 27.3. The summed E-state index contributed by atoms with van der Waals surface area (Å²) in [6.45, 7) is 6.10. The molecule has 0 saturated heterocycles. The first-order chi connectivity index (χ1) is 15.7. The molecule has 0 radical (unpaired) electrons. The average Bonchev–Trinajstić information content (AvgIpc) is 2.78. The van der Waals surface area contributed by atoms with E-state index in [1.165, 1.54) is 4.90 Å². The highest BCUT2D eigenvalue weighted by Gasteiger charge is 2.29. The van der Waals surface area contributed by atoms with Crippen LogP contribution < -0.4 is 14.4 Å². The molecule has 0 aliphatic heterocycles. The number of carbonyl (C=O) groups is 2. The van der Waals surface area contributed by atoms with E-state index in [0.29, 0.717) is 31.0 Å². The van der Waals surface area contributed by atoms with E-state index < -0.39 is 28.5 Å². The lowest BCUT2D eigenvalue weighted by molar-refractivity contribution is -0.138. The summed E-state index contributed by atoms with van der Waals surface area (Å²) in [6.07, 6.45) is 1.59. The molecule has 180 valence electrons. The van der Waals surface area contributed by atoms with Crippen molar-refractivity contribution in [1.82, 2.24) is 10.2 Å². The van der Waals surface area contributed by atoms with Gasteiger partial charge in [0.1, 0.15) is 18.3 Å². The molecule has 0 aliphatic rings.